The van der Waals surface area contributed by atoms with Gasteiger partial charge in [-0.1, -0.05) is 55.6 Å². The van der Waals surface area contributed by atoms with Gasteiger partial charge in [-0.25, -0.2) is 8.42 Å². The highest BCUT2D eigenvalue weighted by molar-refractivity contribution is 7.92. The number of para-hydroxylation sites is 1. The van der Waals surface area contributed by atoms with Gasteiger partial charge in [0.15, 0.2) is 0 Å². The zero-order chi connectivity index (χ0) is 26.3. The fraction of sp³-hybridized carbons (Fsp3) is 0.462. The van der Waals surface area contributed by atoms with Gasteiger partial charge >= 0.3 is 0 Å². The summed E-state index contributed by atoms with van der Waals surface area (Å²) in [5.74, 6) is -0.0517. The summed E-state index contributed by atoms with van der Waals surface area (Å²) in [6.07, 6.45) is 5.38. The Bertz CT molecular complexity index is 1150. The van der Waals surface area contributed by atoms with Crippen molar-refractivity contribution in [2.45, 2.75) is 57.7 Å². The molecular formula is C26H34ClN3O5S. The fourth-order valence-electron chi connectivity index (χ4n) is 4.46. The van der Waals surface area contributed by atoms with E-state index in [1.807, 2.05) is 19.1 Å². The van der Waals surface area contributed by atoms with E-state index < -0.39 is 28.5 Å². The molecular weight excluding hydrogens is 502 g/mol. The number of halogens is 1. The molecule has 1 atom stereocenters. The molecule has 1 aliphatic rings. The van der Waals surface area contributed by atoms with E-state index in [0.717, 1.165) is 41.8 Å². The van der Waals surface area contributed by atoms with Crippen molar-refractivity contribution in [1.82, 2.24) is 10.2 Å². The Labute approximate surface area is 218 Å². The zero-order valence-corrected chi connectivity index (χ0v) is 22.5. The van der Waals surface area contributed by atoms with E-state index >= 15 is 0 Å². The van der Waals surface area contributed by atoms with Crippen molar-refractivity contribution >= 4 is 39.1 Å². The molecule has 196 valence electrons. The van der Waals surface area contributed by atoms with Crippen LogP contribution in [0.2, 0.25) is 5.02 Å². The van der Waals surface area contributed by atoms with Crippen molar-refractivity contribution in [3.05, 3.63) is 59.1 Å². The number of nitrogens with zero attached hydrogens (tertiary/aromatic N) is 2. The molecule has 2 aromatic carbocycles. The van der Waals surface area contributed by atoms with Crippen molar-refractivity contribution in [2.24, 2.45) is 0 Å². The molecule has 0 aromatic heterocycles. The number of hydrogen-bond acceptors (Lipinski definition) is 5. The van der Waals surface area contributed by atoms with Crippen LogP contribution in [-0.2, 0) is 26.2 Å². The molecule has 0 spiro atoms. The van der Waals surface area contributed by atoms with Crippen molar-refractivity contribution in [3.8, 4) is 5.75 Å². The first kappa shape index (κ1) is 27.8. The highest BCUT2D eigenvalue weighted by Crippen LogP contribution is 2.28. The Morgan fingerprint density at radius 2 is 1.75 bits per heavy atom. The third-order valence-corrected chi connectivity index (χ3v) is 7.85. The number of benzene rings is 2. The second-order valence-corrected chi connectivity index (χ2v) is 11.3. The molecule has 10 heteroatoms. The fourth-order valence-corrected chi connectivity index (χ4v) is 5.61. The van der Waals surface area contributed by atoms with Crippen molar-refractivity contribution in [2.75, 3.05) is 24.2 Å². The lowest BCUT2D eigenvalue weighted by atomic mass is 10.1. The van der Waals surface area contributed by atoms with Gasteiger partial charge in [0.1, 0.15) is 18.3 Å². The average molecular weight is 536 g/mol. The summed E-state index contributed by atoms with van der Waals surface area (Å²) in [5, 5.41) is 3.30. The van der Waals surface area contributed by atoms with Crippen LogP contribution in [0.3, 0.4) is 0 Å². The standard InChI is InChI=1S/C26H34ClN3O5S/c1-4-23(26(32)28-20-9-5-6-10-20)29(17-19-13-15-21(35-2)16-14-19)25(31)18-30(36(3,33)34)24-12-8-7-11-22(24)27/h7-8,11-16,20,23H,4-6,9-10,17-18H2,1-3H3,(H,28,32)/t23-/m1/s1. The largest absolute Gasteiger partial charge is 0.497 e. The monoisotopic (exact) mass is 535 g/mol. The molecule has 1 aliphatic carbocycles. The van der Waals surface area contributed by atoms with Gasteiger partial charge in [-0.05, 0) is 49.1 Å². The van der Waals surface area contributed by atoms with E-state index in [2.05, 4.69) is 5.32 Å². The van der Waals surface area contributed by atoms with Gasteiger partial charge in [0.25, 0.3) is 0 Å². The first-order valence-corrected chi connectivity index (χ1v) is 14.3. The highest BCUT2D eigenvalue weighted by atomic mass is 35.5. The van der Waals surface area contributed by atoms with Gasteiger partial charge in [-0.2, -0.15) is 0 Å². The van der Waals surface area contributed by atoms with Gasteiger partial charge in [0.2, 0.25) is 21.8 Å². The maximum absolute atomic E-state index is 13.7. The molecule has 1 fully saturated rings. The maximum atomic E-state index is 13.7. The number of rotatable bonds is 11. The molecule has 3 rings (SSSR count). The van der Waals surface area contributed by atoms with Crippen LogP contribution >= 0.6 is 11.6 Å². The molecule has 0 unspecified atom stereocenters. The summed E-state index contributed by atoms with van der Waals surface area (Å²) >= 11 is 6.27. The van der Waals surface area contributed by atoms with E-state index in [1.54, 1.807) is 43.5 Å². The van der Waals surface area contributed by atoms with Crippen molar-refractivity contribution in [3.63, 3.8) is 0 Å². The summed E-state index contributed by atoms with van der Waals surface area (Å²) in [6, 6.07) is 13.0. The van der Waals surface area contributed by atoms with Crippen LogP contribution in [-0.4, -0.2) is 57.1 Å². The van der Waals surface area contributed by atoms with Crippen LogP contribution in [0.1, 0.15) is 44.6 Å². The molecule has 1 N–H and O–H groups in total. The number of carbonyl (C=O) groups is 2. The molecule has 1 saturated carbocycles. The van der Waals surface area contributed by atoms with E-state index in [1.165, 1.54) is 4.90 Å². The Balaban J connectivity index is 1.92. The zero-order valence-electron chi connectivity index (χ0n) is 20.9. The maximum Gasteiger partial charge on any atom is 0.244 e. The van der Waals surface area contributed by atoms with Gasteiger partial charge in [-0.3, -0.25) is 13.9 Å². The number of nitrogens with one attached hydrogen (secondary N) is 1. The molecule has 0 aliphatic heterocycles. The van der Waals surface area contributed by atoms with Crippen LogP contribution in [0.4, 0.5) is 5.69 Å². The number of sulfonamides is 1. The highest BCUT2D eigenvalue weighted by Gasteiger charge is 2.33. The van der Waals surface area contributed by atoms with Gasteiger partial charge in [0.05, 0.1) is 24.1 Å². The van der Waals surface area contributed by atoms with Gasteiger partial charge in [0, 0.05) is 12.6 Å². The van der Waals surface area contributed by atoms with Crippen molar-refractivity contribution < 1.29 is 22.7 Å². The minimum absolute atomic E-state index is 0.0973. The van der Waals surface area contributed by atoms with Crippen LogP contribution in [0.25, 0.3) is 0 Å². The van der Waals surface area contributed by atoms with Crippen LogP contribution in [0.15, 0.2) is 48.5 Å². The number of carbonyl (C=O) groups excluding carboxylic acids is 2. The minimum atomic E-state index is -3.84. The molecule has 0 bridgehead atoms. The Kier molecular flexibility index (Phi) is 9.62. The lowest BCUT2D eigenvalue weighted by Crippen LogP contribution is -2.53. The molecule has 8 nitrogen and oxygen atoms in total. The normalized spacial score (nSPS) is 14.8. The van der Waals surface area contributed by atoms with Crippen molar-refractivity contribution in [1.29, 1.82) is 0 Å². The van der Waals surface area contributed by atoms with E-state index in [4.69, 9.17) is 16.3 Å². The van der Waals surface area contributed by atoms with E-state index in [-0.39, 0.29) is 29.2 Å². The second kappa shape index (κ2) is 12.5. The Morgan fingerprint density at radius 1 is 1.11 bits per heavy atom. The second-order valence-electron chi connectivity index (χ2n) is 9.00. The smallest absolute Gasteiger partial charge is 0.244 e. The molecule has 2 amide bonds. The summed E-state index contributed by atoms with van der Waals surface area (Å²) in [7, 11) is -2.27. The predicted octanol–water partition coefficient (Wildman–Crippen LogP) is 3.98. The minimum Gasteiger partial charge on any atom is -0.497 e. The third kappa shape index (κ3) is 7.13. The quantitative estimate of drug-likeness (QED) is 0.469. The van der Waals surface area contributed by atoms with Crippen LogP contribution < -0.4 is 14.4 Å². The number of methoxy groups -OCH3 is 1. The SMILES string of the molecule is CC[C@H](C(=O)NC1CCCC1)N(Cc1ccc(OC)cc1)C(=O)CN(c1ccccc1Cl)S(C)(=O)=O. The number of hydrogen-bond donors (Lipinski definition) is 1. The lowest BCUT2D eigenvalue weighted by molar-refractivity contribution is -0.140. The topological polar surface area (TPSA) is 96.0 Å². The molecule has 0 saturated heterocycles. The molecule has 0 radical (unpaired) electrons. The molecule has 36 heavy (non-hydrogen) atoms. The Morgan fingerprint density at radius 3 is 2.31 bits per heavy atom. The summed E-state index contributed by atoms with van der Waals surface area (Å²) in [4.78, 5) is 28.5. The van der Waals surface area contributed by atoms with Gasteiger partial charge in [-0.15, -0.1) is 0 Å². The summed E-state index contributed by atoms with van der Waals surface area (Å²) in [6.45, 7) is 1.50. The molecule has 0 heterocycles. The number of anilines is 1. The third-order valence-electron chi connectivity index (χ3n) is 6.40. The van der Waals surface area contributed by atoms with Gasteiger partial charge < -0.3 is 15.0 Å². The average Bonchev–Trinajstić information content (AvgIpc) is 3.35. The van der Waals surface area contributed by atoms with E-state index in [0.29, 0.717) is 12.2 Å². The predicted molar refractivity (Wildman–Crippen MR) is 142 cm³/mol. The number of amides is 2. The first-order chi connectivity index (χ1) is 17.1. The van der Waals surface area contributed by atoms with Crippen LogP contribution in [0.5, 0.6) is 5.75 Å². The van der Waals surface area contributed by atoms with Crippen LogP contribution in [0, 0.1) is 0 Å². The Hall–Kier alpha value is -2.78. The lowest BCUT2D eigenvalue weighted by Gasteiger charge is -2.33. The summed E-state index contributed by atoms with van der Waals surface area (Å²) < 4.78 is 31.6. The molecule has 2 aromatic rings. The number of ether oxygens (including phenoxy) is 1. The van der Waals surface area contributed by atoms with E-state index in [9.17, 15) is 18.0 Å². The first-order valence-electron chi connectivity index (χ1n) is 12.1. The summed E-state index contributed by atoms with van der Waals surface area (Å²) in [5.41, 5.74) is 1.00.